The number of hydrogen-bond acceptors (Lipinski definition) is 8. The molecule has 1 atom stereocenters. The van der Waals surface area contributed by atoms with Crippen LogP contribution in [0.25, 0.3) is 0 Å². The van der Waals surface area contributed by atoms with Gasteiger partial charge in [0.2, 0.25) is 5.91 Å². The van der Waals surface area contributed by atoms with E-state index < -0.39 is 12.0 Å². The quantitative estimate of drug-likeness (QED) is 0.274. The van der Waals surface area contributed by atoms with Crippen molar-refractivity contribution in [1.82, 2.24) is 25.2 Å². The number of nitrogens with zero attached hydrogens (tertiary/aromatic N) is 4. The van der Waals surface area contributed by atoms with Gasteiger partial charge in [0.05, 0.1) is 5.69 Å². The number of nitrogens with one attached hydrogen (secondary N) is 3. The Bertz CT molecular complexity index is 1070. The highest BCUT2D eigenvalue weighted by atomic mass is 16.4. The van der Waals surface area contributed by atoms with E-state index in [0.717, 1.165) is 62.4 Å². The fraction of sp³-hybridized carbons (Fsp3) is 0.607. The number of aryl methyl sites for hydroxylation is 2. The highest BCUT2D eigenvalue weighted by Gasteiger charge is 2.21. The molecule has 10 nitrogen and oxygen atoms in total. The van der Waals surface area contributed by atoms with Crippen LogP contribution in [0, 0.1) is 0 Å². The molecule has 1 amide bonds. The minimum atomic E-state index is -0.921. The third kappa shape index (κ3) is 9.55. The number of rotatable bonds is 14. The predicted octanol–water partition coefficient (Wildman–Crippen LogP) is 3.24. The van der Waals surface area contributed by atoms with Crippen molar-refractivity contribution in [2.24, 2.45) is 0 Å². The maximum absolute atomic E-state index is 12.0. The zero-order valence-electron chi connectivity index (χ0n) is 23.2. The Kier molecular flexibility index (Phi) is 10.8. The summed E-state index contributed by atoms with van der Waals surface area (Å²) >= 11 is 0. The number of aromatic nitrogens is 3. The Morgan fingerprint density at radius 3 is 2.71 bits per heavy atom. The number of carboxylic acid groups (broad SMARTS) is 1. The van der Waals surface area contributed by atoms with Crippen molar-refractivity contribution < 1.29 is 14.7 Å². The molecule has 0 saturated heterocycles. The van der Waals surface area contributed by atoms with Gasteiger partial charge in [-0.05, 0) is 56.7 Å². The van der Waals surface area contributed by atoms with Crippen LogP contribution in [0.5, 0.6) is 0 Å². The van der Waals surface area contributed by atoms with Gasteiger partial charge in [0.25, 0.3) is 0 Å². The standard InChI is InChI=1S/C28H43N7O3/c1-20(36)29-14-17-35(15-6-5-9-22-11-10-21-8-7-13-30-26(21)33-22)16-12-23(27(37)38)34-25-18-24(28(2,3)4)31-19-32-25/h10-11,18-19,23H,5-9,12-17H2,1-4H3,(H,29,36)(H,30,33)(H,37,38)(H,31,32,34)/t23-/m0/s1. The van der Waals surface area contributed by atoms with Gasteiger partial charge in [-0.15, -0.1) is 0 Å². The maximum Gasteiger partial charge on any atom is 0.326 e. The van der Waals surface area contributed by atoms with Crippen molar-refractivity contribution in [2.75, 3.05) is 43.4 Å². The lowest BCUT2D eigenvalue weighted by molar-refractivity contribution is -0.138. The molecule has 0 aliphatic carbocycles. The van der Waals surface area contributed by atoms with E-state index in [1.807, 2.05) is 6.07 Å². The van der Waals surface area contributed by atoms with Crippen LogP contribution in [0.4, 0.5) is 11.6 Å². The summed E-state index contributed by atoms with van der Waals surface area (Å²) in [5.41, 5.74) is 3.07. The number of anilines is 2. The molecule has 0 unspecified atom stereocenters. The van der Waals surface area contributed by atoms with Gasteiger partial charge in [0, 0.05) is 50.3 Å². The van der Waals surface area contributed by atoms with Crippen LogP contribution in [0.3, 0.4) is 0 Å². The molecular weight excluding hydrogens is 482 g/mol. The van der Waals surface area contributed by atoms with E-state index >= 15 is 0 Å². The van der Waals surface area contributed by atoms with Crippen LogP contribution in [0.2, 0.25) is 0 Å². The Labute approximate surface area is 226 Å². The molecule has 1 aliphatic heterocycles. The number of fused-ring (bicyclic) bond motifs is 1. The molecule has 10 heteroatoms. The number of hydrogen-bond donors (Lipinski definition) is 4. The lowest BCUT2D eigenvalue weighted by Crippen LogP contribution is -2.39. The predicted molar refractivity (Wildman–Crippen MR) is 150 cm³/mol. The smallest absolute Gasteiger partial charge is 0.326 e. The molecule has 3 rings (SSSR count). The summed E-state index contributed by atoms with van der Waals surface area (Å²) in [6, 6.07) is 5.34. The second-order valence-electron chi connectivity index (χ2n) is 11.0. The summed E-state index contributed by atoms with van der Waals surface area (Å²) < 4.78 is 0. The van der Waals surface area contributed by atoms with Gasteiger partial charge < -0.3 is 26.0 Å². The zero-order valence-corrected chi connectivity index (χ0v) is 23.2. The minimum absolute atomic E-state index is 0.0689. The number of amides is 1. The number of carbonyl (C=O) groups excluding carboxylic acids is 1. The van der Waals surface area contributed by atoms with Gasteiger partial charge in [-0.1, -0.05) is 26.8 Å². The lowest BCUT2D eigenvalue weighted by atomic mass is 9.92. The summed E-state index contributed by atoms with van der Waals surface area (Å²) in [6.45, 7) is 11.2. The van der Waals surface area contributed by atoms with Crippen molar-refractivity contribution in [3.8, 4) is 0 Å². The number of pyridine rings is 1. The van der Waals surface area contributed by atoms with Crippen molar-refractivity contribution in [3.63, 3.8) is 0 Å². The van der Waals surface area contributed by atoms with E-state index in [1.54, 1.807) is 0 Å². The SMILES string of the molecule is CC(=O)NCCN(CCCCc1ccc2c(n1)NCCC2)CC[C@H](Nc1cc(C(C)(C)C)ncn1)C(=O)O. The summed E-state index contributed by atoms with van der Waals surface area (Å²) in [4.78, 5) is 38.9. The number of unbranched alkanes of at least 4 members (excludes halogenated alkanes) is 1. The van der Waals surface area contributed by atoms with Crippen LogP contribution in [-0.2, 0) is 27.8 Å². The fourth-order valence-electron chi connectivity index (χ4n) is 4.47. The largest absolute Gasteiger partial charge is 0.480 e. The average molecular weight is 526 g/mol. The van der Waals surface area contributed by atoms with E-state index in [0.29, 0.717) is 31.9 Å². The monoisotopic (exact) mass is 525 g/mol. The molecule has 0 fully saturated rings. The normalized spacial score (nSPS) is 13.9. The summed E-state index contributed by atoms with van der Waals surface area (Å²) in [5, 5.41) is 19.2. The summed E-state index contributed by atoms with van der Waals surface area (Å²) in [5.74, 6) is 0.542. The third-order valence-electron chi connectivity index (χ3n) is 6.70. The fourth-order valence-corrected chi connectivity index (χ4v) is 4.47. The van der Waals surface area contributed by atoms with Crippen LogP contribution in [-0.4, -0.2) is 75.6 Å². The van der Waals surface area contributed by atoms with Crippen LogP contribution < -0.4 is 16.0 Å². The van der Waals surface area contributed by atoms with Crippen molar-refractivity contribution in [2.45, 2.75) is 77.7 Å². The topological polar surface area (TPSA) is 132 Å². The first kappa shape index (κ1) is 29.3. The Morgan fingerprint density at radius 2 is 1.97 bits per heavy atom. The van der Waals surface area contributed by atoms with Crippen LogP contribution >= 0.6 is 0 Å². The van der Waals surface area contributed by atoms with Gasteiger partial charge in [-0.3, -0.25) is 4.79 Å². The number of aliphatic carboxylic acids is 1. The molecule has 0 saturated carbocycles. The highest BCUT2D eigenvalue weighted by molar-refractivity contribution is 5.76. The summed E-state index contributed by atoms with van der Waals surface area (Å²) in [6.07, 6.45) is 6.95. The molecule has 4 N–H and O–H groups in total. The van der Waals surface area contributed by atoms with E-state index in [4.69, 9.17) is 4.98 Å². The summed E-state index contributed by atoms with van der Waals surface area (Å²) in [7, 11) is 0. The zero-order chi connectivity index (χ0) is 27.5. The molecule has 2 aromatic heterocycles. The average Bonchev–Trinajstić information content (AvgIpc) is 2.87. The van der Waals surface area contributed by atoms with Crippen molar-refractivity contribution in [1.29, 1.82) is 0 Å². The van der Waals surface area contributed by atoms with Crippen LogP contribution in [0.15, 0.2) is 24.5 Å². The molecule has 3 heterocycles. The second-order valence-corrected chi connectivity index (χ2v) is 11.0. The van der Waals surface area contributed by atoms with E-state index in [2.05, 4.69) is 63.7 Å². The Morgan fingerprint density at radius 1 is 1.16 bits per heavy atom. The molecule has 0 bridgehead atoms. The maximum atomic E-state index is 12.0. The van der Waals surface area contributed by atoms with Gasteiger partial charge in [-0.2, -0.15) is 0 Å². The number of carboxylic acids is 1. The first-order valence-electron chi connectivity index (χ1n) is 13.6. The highest BCUT2D eigenvalue weighted by Crippen LogP contribution is 2.22. The van der Waals surface area contributed by atoms with Crippen LogP contribution in [0.1, 0.15) is 70.3 Å². The van der Waals surface area contributed by atoms with E-state index in [-0.39, 0.29) is 11.3 Å². The molecule has 0 aromatic carbocycles. The van der Waals surface area contributed by atoms with Crippen molar-refractivity contribution in [3.05, 3.63) is 41.5 Å². The van der Waals surface area contributed by atoms with Gasteiger partial charge in [0.15, 0.2) is 0 Å². The first-order valence-corrected chi connectivity index (χ1v) is 13.6. The second kappa shape index (κ2) is 14.0. The van der Waals surface area contributed by atoms with Crippen molar-refractivity contribution >= 4 is 23.5 Å². The lowest BCUT2D eigenvalue weighted by Gasteiger charge is -2.25. The molecule has 2 aromatic rings. The Hall–Kier alpha value is -3.27. The van der Waals surface area contributed by atoms with E-state index in [1.165, 1.54) is 18.8 Å². The molecular formula is C28H43N7O3. The van der Waals surface area contributed by atoms with Gasteiger partial charge >= 0.3 is 5.97 Å². The third-order valence-corrected chi connectivity index (χ3v) is 6.70. The first-order chi connectivity index (χ1) is 18.1. The minimum Gasteiger partial charge on any atom is -0.480 e. The van der Waals surface area contributed by atoms with Gasteiger partial charge in [-0.25, -0.2) is 19.7 Å². The Balaban J connectivity index is 1.53. The van der Waals surface area contributed by atoms with Gasteiger partial charge in [0.1, 0.15) is 24.0 Å². The van der Waals surface area contributed by atoms with E-state index in [9.17, 15) is 14.7 Å². The molecule has 0 radical (unpaired) electrons. The molecule has 0 spiro atoms. The molecule has 208 valence electrons. The number of carbonyl (C=O) groups is 2. The molecule has 38 heavy (non-hydrogen) atoms. The molecule has 1 aliphatic rings.